The Bertz CT molecular complexity index is 510. The summed E-state index contributed by atoms with van der Waals surface area (Å²) in [4.78, 5) is 25.3. The van der Waals surface area contributed by atoms with E-state index in [1.165, 1.54) is 4.90 Å². The van der Waals surface area contributed by atoms with Crippen LogP contribution in [-0.2, 0) is 19.3 Å². The molecule has 1 saturated heterocycles. The molecule has 0 bridgehead atoms. The summed E-state index contributed by atoms with van der Waals surface area (Å²) in [6.07, 6.45) is 3.25. The Labute approximate surface area is 126 Å². The number of nitrogens with one attached hydrogen (secondary N) is 1. The first kappa shape index (κ1) is 17.7. The summed E-state index contributed by atoms with van der Waals surface area (Å²) >= 11 is 0. The Morgan fingerprint density at radius 1 is 1.38 bits per heavy atom. The summed E-state index contributed by atoms with van der Waals surface area (Å²) in [6.45, 7) is 6.50. The predicted molar refractivity (Wildman–Crippen MR) is 81.6 cm³/mol. The van der Waals surface area contributed by atoms with E-state index in [1.807, 2.05) is 0 Å². The number of likely N-dealkylation sites (tertiary alicyclic amines) is 1. The van der Waals surface area contributed by atoms with E-state index in [1.54, 1.807) is 33.3 Å². The van der Waals surface area contributed by atoms with Crippen molar-refractivity contribution in [3.8, 4) is 0 Å². The van der Waals surface area contributed by atoms with Gasteiger partial charge >= 0.3 is 6.09 Å². The average Bonchev–Trinajstić information content (AvgIpc) is 2.18. The molecule has 21 heavy (non-hydrogen) atoms. The summed E-state index contributed by atoms with van der Waals surface area (Å²) in [5, 5.41) is 2.70. The molecular weight excluding hydrogens is 294 g/mol. The molecular formula is C13H25N3O4S. The summed E-state index contributed by atoms with van der Waals surface area (Å²) < 4.78 is 20.5. The highest BCUT2D eigenvalue weighted by Gasteiger charge is 2.39. The van der Waals surface area contributed by atoms with Gasteiger partial charge in [-0.25, -0.2) is 9.16 Å². The van der Waals surface area contributed by atoms with E-state index in [2.05, 4.69) is 9.68 Å². The topological polar surface area (TPSA) is 88.1 Å². The average molecular weight is 319 g/mol. The normalized spacial score (nSPS) is 18.7. The molecule has 0 aromatic heterocycles. The molecule has 0 radical (unpaired) electrons. The van der Waals surface area contributed by atoms with Crippen LogP contribution >= 0.6 is 0 Å². The van der Waals surface area contributed by atoms with Crippen molar-refractivity contribution in [2.45, 2.75) is 38.8 Å². The maximum absolute atomic E-state index is 12.0. The van der Waals surface area contributed by atoms with Gasteiger partial charge in [0.2, 0.25) is 5.91 Å². The van der Waals surface area contributed by atoms with E-state index in [4.69, 9.17) is 4.74 Å². The fourth-order valence-electron chi connectivity index (χ4n) is 1.76. The van der Waals surface area contributed by atoms with Crippen molar-refractivity contribution in [2.75, 3.05) is 32.1 Å². The van der Waals surface area contributed by atoms with E-state index < -0.39 is 27.5 Å². The number of carbonyl (C=O) groups excluding carboxylic acids is 2. The van der Waals surface area contributed by atoms with E-state index in [9.17, 15) is 13.8 Å². The molecule has 0 aliphatic carbocycles. The lowest BCUT2D eigenvalue weighted by Gasteiger charge is -2.40. The van der Waals surface area contributed by atoms with Gasteiger partial charge < -0.3 is 10.1 Å². The Balaban J connectivity index is 2.42. The van der Waals surface area contributed by atoms with Crippen LogP contribution in [0.1, 0.15) is 27.2 Å². The Morgan fingerprint density at radius 2 is 2.00 bits per heavy atom. The first-order valence-corrected chi connectivity index (χ1v) is 9.23. The van der Waals surface area contributed by atoms with E-state index in [-0.39, 0.29) is 5.91 Å². The molecule has 0 saturated carbocycles. The maximum Gasteiger partial charge on any atom is 0.410 e. The summed E-state index contributed by atoms with van der Waals surface area (Å²) in [6, 6.07) is -0.479. The van der Waals surface area contributed by atoms with Gasteiger partial charge in [-0.15, -0.1) is 0 Å². The minimum Gasteiger partial charge on any atom is -0.444 e. The fourth-order valence-corrected chi connectivity index (χ4v) is 2.29. The van der Waals surface area contributed by atoms with Crippen LogP contribution in [0.25, 0.3) is 0 Å². The number of hydrogen-bond acceptors (Lipinski definition) is 5. The van der Waals surface area contributed by atoms with Gasteiger partial charge in [0, 0.05) is 35.3 Å². The zero-order valence-corrected chi connectivity index (χ0v) is 14.2. The molecule has 122 valence electrons. The SMILES string of the molecule is CC(C)(C)OC(=O)N1CC[C@@H]1C(=O)NCCN=S(C)(C)=O. The third-order valence-corrected chi connectivity index (χ3v) is 3.57. The largest absolute Gasteiger partial charge is 0.444 e. The van der Waals surface area contributed by atoms with Crippen molar-refractivity contribution in [1.29, 1.82) is 0 Å². The molecule has 0 spiro atoms. The van der Waals surface area contributed by atoms with Crippen molar-refractivity contribution < 1.29 is 18.5 Å². The quantitative estimate of drug-likeness (QED) is 0.778. The zero-order chi connectivity index (χ0) is 16.3. The number of carbonyl (C=O) groups is 2. The monoisotopic (exact) mass is 319 g/mol. The molecule has 0 aromatic carbocycles. The van der Waals surface area contributed by atoms with Gasteiger partial charge in [0.05, 0.1) is 6.54 Å². The van der Waals surface area contributed by atoms with Crippen LogP contribution in [0.2, 0.25) is 0 Å². The molecule has 1 fully saturated rings. The molecule has 8 heteroatoms. The van der Waals surface area contributed by atoms with E-state index in [0.29, 0.717) is 26.1 Å². The molecule has 1 atom stereocenters. The Kier molecular flexibility index (Phi) is 5.61. The molecule has 1 aliphatic heterocycles. The van der Waals surface area contributed by atoms with Crippen molar-refractivity contribution in [2.24, 2.45) is 4.36 Å². The van der Waals surface area contributed by atoms with Crippen molar-refractivity contribution in [3.05, 3.63) is 0 Å². The molecule has 2 amide bonds. The van der Waals surface area contributed by atoms with Crippen LogP contribution in [0.3, 0.4) is 0 Å². The number of nitrogens with zero attached hydrogens (tertiary/aromatic N) is 2. The van der Waals surface area contributed by atoms with Gasteiger partial charge in [-0.2, -0.15) is 0 Å². The predicted octanol–water partition coefficient (Wildman–Crippen LogP) is 0.840. The lowest BCUT2D eigenvalue weighted by atomic mass is 10.0. The number of hydrogen-bond donors (Lipinski definition) is 1. The number of ether oxygens (including phenoxy) is 1. The van der Waals surface area contributed by atoms with Crippen LogP contribution in [-0.4, -0.2) is 64.9 Å². The van der Waals surface area contributed by atoms with Crippen LogP contribution in [0.5, 0.6) is 0 Å². The number of amides is 2. The van der Waals surface area contributed by atoms with E-state index >= 15 is 0 Å². The molecule has 7 nitrogen and oxygen atoms in total. The smallest absolute Gasteiger partial charge is 0.410 e. The minimum atomic E-state index is -2.14. The molecule has 1 aliphatic rings. The van der Waals surface area contributed by atoms with Gasteiger partial charge in [0.1, 0.15) is 11.6 Å². The van der Waals surface area contributed by atoms with Crippen molar-refractivity contribution in [3.63, 3.8) is 0 Å². The Morgan fingerprint density at radius 3 is 2.43 bits per heavy atom. The first-order valence-electron chi connectivity index (χ1n) is 6.90. The lowest BCUT2D eigenvalue weighted by Crippen LogP contribution is -2.59. The van der Waals surface area contributed by atoms with Crippen molar-refractivity contribution in [1.82, 2.24) is 10.2 Å². The van der Waals surface area contributed by atoms with Gasteiger partial charge in [-0.1, -0.05) is 0 Å². The molecule has 0 unspecified atom stereocenters. The second-order valence-corrected chi connectivity index (χ2v) is 8.92. The maximum atomic E-state index is 12.0. The molecule has 0 aromatic rings. The molecule has 1 N–H and O–H groups in total. The third kappa shape index (κ3) is 6.33. The summed E-state index contributed by atoms with van der Waals surface area (Å²) in [7, 11) is -2.14. The van der Waals surface area contributed by atoms with Crippen LogP contribution < -0.4 is 5.32 Å². The minimum absolute atomic E-state index is 0.221. The van der Waals surface area contributed by atoms with Gasteiger partial charge in [0.25, 0.3) is 0 Å². The van der Waals surface area contributed by atoms with Gasteiger partial charge in [-0.05, 0) is 27.2 Å². The highest BCUT2D eigenvalue weighted by molar-refractivity contribution is 7.92. The number of rotatable bonds is 4. The Hall–Kier alpha value is -1.31. The standard InChI is InChI=1S/C13H25N3O4S/c1-13(2,3)20-12(18)16-9-6-10(16)11(17)14-7-8-15-21(4,5)19/h10H,6-9H2,1-5H3,(H,14,17)/t10-/m1/s1. The van der Waals surface area contributed by atoms with Crippen LogP contribution in [0, 0.1) is 0 Å². The fraction of sp³-hybridized carbons (Fsp3) is 0.846. The van der Waals surface area contributed by atoms with Crippen LogP contribution in [0.15, 0.2) is 4.36 Å². The van der Waals surface area contributed by atoms with E-state index in [0.717, 1.165) is 0 Å². The summed E-state index contributed by atoms with van der Waals surface area (Å²) in [5.41, 5.74) is -0.574. The second kappa shape index (κ2) is 6.64. The molecule has 1 heterocycles. The van der Waals surface area contributed by atoms with Gasteiger partial charge in [0.15, 0.2) is 0 Å². The highest BCUT2D eigenvalue weighted by Crippen LogP contribution is 2.21. The first-order chi connectivity index (χ1) is 9.49. The molecule has 1 rings (SSSR count). The van der Waals surface area contributed by atoms with Gasteiger partial charge in [-0.3, -0.25) is 13.9 Å². The van der Waals surface area contributed by atoms with Crippen LogP contribution in [0.4, 0.5) is 4.79 Å². The summed E-state index contributed by atoms with van der Waals surface area (Å²) in [5.74, 6) is -0.221. The highest BCUT2D eigenvalue weighted by atomic mass is 32.2. The van der Waals surface area contributed by atoms with Crippen molar-refractivity contribution >= 4 is 21.7 Å². The third-order valence-electron chi connectivity index (χ3n) is 2.76. The zero-order valence-electron chi connectivity index (χ0n) is 13.3. The lowest BCUT2D eigenvalue weighted by molar-refractivity contribution is -0.130. The second-order valence-electron chi connectivity index (χ2n) is 6.30.